The van der Waals surface area contributed by atoms with Gasteiger partial charge in [-0.1, -0.05) is 61.0 Å². The van der Waals surface area contributed by atoms with Gasteiger partial charge < -0.3 is 13.7 Å². The Hall–Kier alpha value is -3.42. The number of nitrogens with zero attached hydrogens (tertiary/aromatic N) is 1. The second-order valence-corrected chi connectivity index (χ2v) is 9.09. The van der Waals surface area contributed by atoms with Crippen molar-refractivity contribution >= 4 is 27.3 Å². The third kappa shape index (κ3) is 6.34. The molecule has 0 atom stereocenters. The monoisotopic (exact) mass is 479 g/mol. The van der Waals surface area contributed by atoms with Gasteiger partial charge in [-0.3, -0.25) is 0 Å². The average molecular weight is 480 g/mol. The van der Waals surface area contributed by atoms with Crippen LogP contribution in [0.1, 0.15) is 31.7 Å². The highest BCUT2D eigenvalue weighted by Crippen LogP contribution is 2.24. The SMILES string of the molecule is CCOC(=Cc1oc2ccc(-c3ccccc3)cc2[n+]1C)CC.Cc1ccc(S(=O)(=O)[O-])cc1. The van der Waals surface area contributed by atoms with Crippen molar-refractivity contribution < 1.29 is 26.7 Å². The minimum atomic E-state index is -4.27. The van der Waals surface area contributed by atoms with Crippen LogP contribution in [0.3, 0.4) is 0 Å². The average Bonchev–Trinajstić information content (AvgIpc) is 3.14. The lowest BCUT2D eigenvalue weighted by molar-refractivity contribution is -0.652. The van der Waals surface area contributed by atoms with E-state index in [0.717, 1.165) is 34.7 Å². The molecule has 6 nitrogen and oxygen atoms in total. The molecule has 0 bridgehead atoms. The van der Waals surface area contributed by atoms with E-state index in [-0.39, 0.29) is 4.90 Å². The number of ether oxygens (including phenoxy) is 1. The van der Waals surface area contributed by atoms with Crippen LogP contribution in [0.25, 0.3) is 28.3 Å². The molecule has 0 unspecified atom stereocenters. The van der Waals surface area contributed by atoms with Crippen molar-refractivity contribution in [2.24, 2.45) is 7.05 Å². The van der Waals surface area contributed by atoms with Gasteiger partial charge in [0.2, 0.25) is 5.58 Å². The molecule has 0 fully saturated rings. The first-order valence-electron chi connectivity index (χ1n) is 11.1. The van der Waals surface area contributed by atoms with Crippen LogP contribution in [0.15, 0.2) is 87.9 Å². The van der Waals surface area contributed by atoms with Crippen molar-refractivity contribution in [3.8, 4) is 11.1 Å². The first-order valence-corrected chi connectivity index (χ1v) is 12.5. The van der Waals surface area contributed by atoms with Gasteiger partial charge in [-0.2, -0.15) is 4.57 Å². The maximum absolute atomic E-state index is 10.4. The topological polar surface area (TPSA) is 83.5 Å². The molecule has 0 aliphatic rings. The summed E-state index contributed by atoms with van der Waals surface area (Å²) in [6.07, 6.45) is 2.83. The van der Waals surface area contributed by atoms with E-state index >= 15 is 0 Å². The molecule has 0 aliphatic heterocycles. The van der Waals surface area contributed by atoms with Gasteiger partial charge in [0.1, 0.15) is 22.9 Å². The van der Waals surface area contributed by atoms with Crippen molar-refractivity contribution in [1.29, 1.82) is 0 Å². The number of hydrogen-bond acceptors (Lipinski definition) is 5. The smallest absolute Gasteiger partial charge is 0.377 e. The third-order valence-corrected chi connectivity index (χ3v) is 6.09. The second kappa shape index (κ2) is 11.1. The molecule has 0 saturated carbocycles. The highest BCUT2D eigenvalue weighted by atomic mass is 32.2. The molecule has 4 rings (SSSR count). The van der Waals surface area contributed by atoms with Gasteiger partial charge in [0.25, 0.3) is 5.52 Å². The fraction of sp³-hybridized carbons (Fsp3) is 0.222. The Morgan fingerprint density at radius 2 is 1.68 bits per heavy atom. The van der Waals surface area contributed by atoms with E-state index in [9.17, 15) is 13.0 Å². The number of allylic oxidation sites excluding steroid dienone is 1. The van der Waals surface area contributed by atoms with E-state index < -0.39 is 10.1 Å². The molecular formula is C27H29NO5S. The largest absolute Gasteiger partial charge is 0.744 e. The van der Waals surface area contributed by atoms with Crippen molar-refractivity contribution in [2.45, 2.75) is 32.1 Å². The van der Waals surface area contributed by atoms with Gasteiger partial charge >= 0.3 is 5.89 Å². The molecular weight excluding hydrogens is 450 g/mol. The molecule has 0 N–H and O–H groups in total. The van der Waals surface area contributed by atoms with E-state index in [1.54, 1.807) is 12.1 Å². The minimum Gasteiger partial charge on any atom is -0.744 e. The van der Waals surface area contributed by atoms with Gasteiger partial charge in [0.15, 0.2) is 0 Å². The van der Waals surface area contributed by atoms with Crippen LogP contribution >= 0.6 is 0 Å². The van der Waals surface area contributed by atoms with Crippen LogP contribution < -0.4 is 4.57 Å². The zero-order chi connectivity index (χ0) is 24.7. The Balaban J connectivity index is 0.000000248. The first kappa shape index (κ1) is 25.2. The standard InChI is InChI=1S/C20H22NO2.C7H8O3S/c1-4-17(22-5-2)14-20-21(3)18-13-16(11-12-19(18)23-20)15-9-7-6-8-10-15;1-6-2-4-7(5-3-6)11(8,9)10/h6-14H,4-5H2,1-3H3;2-5H,1H3,(H,8,9,10)/q+1;/p-1. The summed E-state index contributed by atoms with van der Waals surface area (Å²) in [5.41, 5.74) is 5.27. The van der Waals surface area contributed by atoms with E-state index in [1.165, 1.54) is 23.3 Å². The quantitative estimate of drug-likeness (QED) is 0.204. The highest BCUT2D eigenvalue weighted by Gasteiger charge is 2.18. The van der Waals surface area contributed by atoms with Crippen LogP contribution in [0.5, 0.6) is 0 Å². The zero-order valence-electron chi connectivity index (χ0n) is 19.8. The molecule has 0 saturated heterocycles. The molecule has 0 radical (unpaired) electrons. The van der Waals surface area contributed by atoms with E-state index in [1.807, 2.05) is 39.1 Å². The highest BCUT2D eigenvalue weighted by molar-refractivity contribution is 7.85. The number of fused-ring (bicyclic) bond motifs is 1. The van der Waals surface area contributed by atoms with E-state index in [4.69, 9.17) is 9.15 Å². The fourth-order valence-corrected chi connectivity index (χ4v) is 3.85. The summed E-state index contributed by atoms with van der Waals surface area (Å²) in [6, 6.07) is 22.4. The molecule has 178 valence electrons. The van der Waals surface area contributed by atoms with Crippen molar-refractivity contribution in [3.05, 3.63) is 90.0 Å². The van der Waals surface area contributed by atoms with Gasteiger partial charge in [0, 0.05) is 12.5 Å². The summed E-state index contributed by atoms with van der Waals surface area (Å²) in [7, 11) is -2.25. The lowest BCUT2D eigenvalue weighted by atomic mass is 10.1. The molecule has 4 aromatic rings. The van der Waals surface area contributed by atoms with Crippen LogP contribution in [0.4, 0.5) is 0 Å². The number of rotatable bonds is 6. The van der Waals surface area contributed by atoms with E-state index in [2.05, 4.69) is 47.9 Å². The Bertz CT molecular complexity index is 1370. The maximum atomic E-state index is 10.4. The van der Waals surface area contributed by atoms with Crippen LogP contribution in [0, 0.1) is 6.92 Å². The van der Waals surface area contributed by atoms with Crippen LogP contribution in [-0.2, 0) is 21.9 Å². The van der Waals surface area contributed by atoms with Gasteiger partial charge in [-0.05, 0) is 43.2 Å². The second-order valence-electron chi connectivity index (χ2n) is 7.71. The third-order valence-electron chi connectivity index (χ3n) is 5.24. The molecule has 7 heteroatoms. The lowest BCUT2D eigenvalue weighted by Crippen LogP contribution is -2.29. The molecule has 3 aromatic carbocycles. The van der Waals surface area contributed by atoms with Crippen molar-refractivity contribution in [3.63, 3.8) is 0 Å². The van der Waals surface area contributed by atoms with Gasteiger partial charge in [-0.25, -0.2) is 8.42 Å². The summed E-state index contributed by atoms with van der Waals surface area (Å²) in [6.45, 7) is 6.56. The number of benzene rings is 3. The summed E-state index contributed by atoms with van der Waals surface area (Å²) in [5, 5.41) is 0. The molecule has 0 aliphatic carbocycles. The molecule has 0 amide bonds. The Morgan fingerprint density at radius 3 is 2.26 bits per heavy atom. The fourth-order valence-electron chi connectivity index (χ4n) is 3.38. The minimum absolute atomic E-state index is 0.178. The van der Waals surface area contributed by atoms with Crippen molar-refractivity contribution in [2.75, 3.05) is 6.61 Å². The summed E-state index contributed by atoms with van der Waals surface area (Å²) in [4.78, 5) is -0.178. The van der Waals surface area contributed by atoms with Gasteiger partial charge in [-0.15, -0.1) is 0 Å². The number of oxazole rings is 1. The predicted molar refractivity (Wildman–Crippen MR) is 132 cm³/mol. The number of aryl methyl sites for hydroxylation is 2. The number of aromatic nitrogens is 1. The normalized spacial score (nSPS) is 11.7. The number of hydrogen-bond donors (Lipinski definition) is 0. The maximum Gasteiger partial charge on any atom is 0.377 e. The lowest BCUT2D eigenvalue weighted by Gasteiger charge is -2.05. The van der Waals surface area contributed by atoms with Crippen molar-refractivity contribution in [1.82, 2.24) is 0 Å². The summed E-state index contributed by atoms with van der Waals surface area (Å²) in [5.74, 6) is 1.74. The predicted octanol–water partition coefficient (Wildman–Crippen LogP) is 5.61. The zero-order valence-corrected chi connectivity index (χ0v) is 20.6. The molecule has 34 heavy (non-hydrogen) atoms. The Morgan fingerprint density at radius 1 is 1.00 bits per heavy atom. The Kier molecular flexibility index (Phi) is 8.26. The van der Waals surface area contributed by atoms with E-state index in [0.29, 0.717) is 6.61 Å². The Labute approximate surface area is 200 Å². The first-order chi connectivity index (χ1) is 16.2. The van der Waals surface area contributed by atoms with Crippen LogP contribution in [-0.4, -0.2) is 19.6 Å². The van der Waals surface area contributed by atoms with Crippen LogP contribution in [0.2, 0.25) is 0 Å². The van der Waals surface area contributed by atoms with Gasteiger partial charge in [0.05, 0.1) is 17.6 Å². The molecule has 1 heterocycles. The summed E-state index contributed by atoms with van der Waals surface area (Å²) < 4.78 is 44.8. The summed E-state index contributed by atoms with van der Waals surface area (Å²) >= 11 is 0. The molecule has 0 spiro atoms. The molecule has 1 aromatic heterocycles.